The Morgan fingerprint density at radius 2 is 1.89 bits per heavy atom. The molecule has 7 nitrogen and oxygen atoms in total. The molecule has 2 heterocycles. The molecule has 1 aliphatic carbocycles. The summed E-state index contributed by atoms with van der Waals surface area (Å²) in [5, 5.41) is 12.1. The molecule has 4 rings (SSSR count). The summed E-state index contributed by atoms with van der Waals surface area (Å²) < 4.78 is 5.30. The summed E-state index contributed by atoms with van der Waals surface area (Å²) in [7, 11) is 1.70. The molecule has 28 heavy (non-hydrogen) atoms. The number of piperidine rings is 1. The first-order valence-electron chi connectivity index (χ1n) is 10.2. The molecule has 0 radical (unpaired) electrons. The Labute approximate surface area is 166 Å². The molecule has 1 aromatic heterocycles. The van der Waals surface area contributed by atoms with Crippen LogP contribution in [0, 0.1) is 5.41 Å². The molecule has 1 aliphatic heterocycles. The fourth-order valence-corrected chi connectivity index (χ4v) is 5.32. The lowest BCUT2D eigenvalue weighted by molar-refractivity contribution is 0.128. The first-order chi connectivity index (χ1) is 13.6. The number of nitrogens with zero attached hydrogens (tertiary/aromatic N) is 4. The van der Waals surface area contributed by atoms with Gasteiger partial charge in [0, 0.05) is 24.3 Å². The highest BCUT2D eigenvalue weighted by molar-refractivity contribution is 5.50. The van der Waals surface area contributed by atoms with Crippen molar-refractivity contribution in [2.75, 3.05) is 36.1 Å². The van der Waals surface area contributed by atoms with Crippen molar-refractivity contribution in [3.05, 3.63) is 30.5 Å². The number of methoxy groups -OCH3 is 1. The van der Waals surface area contributed by atoms with Crippen LogP contribution in [-0.2, 0) is 0 Å². The summed E-state index contributed by atoms with van der Waals surface area (Å²) in [5.41, 5.74) is 7.39. The molecule has 0 unspecified atom stereocenters. The number of rotatable bonds is 5. The Morgan fingerprint density at radius 1 is 1.14 bits per heavy atom. The van der Waals surface area contributed by atoms with Gasteiger partial charge in [0.2, 0.25) is 5.95 Å². The minimum absolute atomic E-state index is 0.127. The highest BCUT2D eigenvalue weighted by atomic mass is 16.5. The van der Waals surface area contributed by atoms with Gasteiger partial charge in [-0.25, -0.2) is 0 Å². The van der Waals surface area contributed by atoms with E-state index >= 15 is 0 Å². The molecule has 0 bridgehead atoms. The molecule has 1 spiro atoms. The summed E-state index contributed by atoms with van der Waals surface area (Å²) in [6.45, 7) is 4.20. The fraction of sp³-hybridized carbons (Fsp3) is 0.571. The van der Waals surface area contributed by atoms with E-state index in [0.717, 1.165) is 38.1 Å². The summed E-state index contributed by atoms with van der Waals surface area (Å²) in [4.78, 5) is 6.58. The molecule has 2 fully saturated rings. The molecule has 1 saturated carbocycles. The lowest BCUT2D eigenvalue weighted by Gasteiger charge is -2.51. The van der Waals surface area contributed by atoms with Gasteiger partial charge in [-0.3, -0.25) is 0 Å². The smallest absolute Gasteiger partial charge is 0.247 e. The summed E-state index contributed by atoms with van der Waals surface area (Å²) >= 11 is 0. The topological polar surface area (TPSA) is 89.2 Å². The summed E-state index contributed by atoms with van der Waals surface area (Å²) in [6.07, 6.45) is 8.62. The second-order valence-corrected chi connectivity index (χ2v) is 8.09. The average molecular weight is 383 g/mol. The Morgan fingerprint density at radius 3 is 2.54 bits per heavy atom. The number of anilines is 3. The van der Waals surface area contributed by atoms with Gasteiger partial charge in [-0.15, -0.1) is 5.10 Å². The number of nitrogens with one attached hydrogen (secondary N) is 1. The first-order valence-corrected chi connectivity index (χ1v) is 10.2. The maximum Gasteiger partial charge on any atom is 0.247 e. The van der Waals surface area contributed by atoms with E-state index in [-0.39, 0.29) is 5.54 Å². The standard InChI is InChI=1S/C21H30N6O/c1-3-21(25-16-5-7-17(28-2)8-6-16)10-4-9-20(21)11-13-27(14-12-20)19-24-18(22)15-23-26-19/h5-8,15,25H,3-4,9-14H2,1-2H3,(H2,22,24,26)/t21-/m1/s1. The zero-order chi connectivity index (χ0) is 19.6. The van der Waals surface area contributed by atoms with E-state index in [2.05, 4.69) is 44.5 Å². The predicted molar refractivity (Wildman–Crippen MR) is 112 cm³/mol. The van der Waals surface area contributed by atoms with Gasteiger partial charge in [0.1, 0.15) is 11.6 Å². The van der Waals surface area contributed by atoms with Crippen LogP contribution in [-0.4, -0.2) is 40.9 Å². The van der Waals surface area contributed by atoms with Crippen LogP contribution in [0.2, 0.25) is 0 Å². The van der Waals surface area contributed by atoms with Crippen molar-refractivity contribution in [2.45, 2.75) is 51.0 Å². The van der Waals surface area contributed by atoms with Crippen LogP contribution in [0.4, 0.5) is 17.5 Å². The van der Waals surface area contributed by atoms with Crippen molar-refractivity contribution in [3.63, 3.8) is 0 Å². The lowest BCUT2D eigenvalue weighted by Crippen LogP contribution is -2.55. The zero-order valence-electron chi connectivity index (χ0n) is 16.8. The number of aromatic nitrogens is 3. The van der Waals surface area contributed by atoms with Crippen molar-refractivity contribution in [2.24, 2.45) is 5.41 Å². The molecular weight excluding hydrogens is 352 g/mol. The van der Waals surface area contributed by atoms with E-state index in [4.69, 9.17) is 10.5 Å². The third-order valence-electron chi connectivity index (χ3n) is 6.92. The zero-order valence-corrected chi connectivity index (χ0v) is 16.8. The van der Waals surface area contributed by atoms with Crippen LogP contribution >= 0.6 is 0 Å². The molecule has 2 aliphatic rings. The Kier molecular flexibility index (Phi) is 5.00. The number of ether oxygens (including phenoxy) is 1. The number of nitrogen functional groups attached to an aromatic ring is 1. The second kappa shape index (κ2) is 7.45. The fourth-order valence-electron chi connectivity index (χ4n) is 5.32. The third-order valence-corrected chi connectivity index (χ3v) is 6.92. The minimum atomic E-state index is 0.127. The van der Waals surface area contributed by atoms with Crippen molar-refractivity contribution in [1.82, 2.24) is 15.2 Å². The van der Waals surface area contributed by atoms with Crippen molar-refractivity contribution in [1.29, 1.82) is 0 Å². The number of benzene rings is 1. The van der Waals surface area contributed by atoms with Crippen LogP contribution < -0.4 is 20.7 Å². The minimum Gasteiger partial charge on any atom is -0.497 e. The monoisotopic (exact) mass is 382 g/mol. The summed E-state index contributed by atoms with van der Waals surface area (Å²) in [6, 6.07) is 8.31. The Balaban J connectivity index is 1.52. The highest BCUT2D eigenvalue weighted by Gasteiger charge is 2.54. The van der Waals surface area contributed by atoms with Gasteiger partial charge >= 0.3 is 0 Å². The quantitative estimate of drug-likeness (QED) is 0.818. The van der Waals surface area contributed by atoms with Crippen molar-refractivity contribution in [3.8, 4) is 5.75 Å². The van der Waals surface area contributed by atoms with Gasteiger partial charge in [-0.1, -0.05) is 13.3 Å². The first kappa shape index (κ1) is 18.8. The third kappa shape index (κ3) is 3.23. The molecule has 2 aromatic rings. The van der Waals surface area contributed by atoms with Crippen LogP contribution in [0.1, 0.15) is 45.4 Å². The van der Waals surface area contributed by atoms with Crippen LogP contribution in [0.3, 0.4) is 0 Å². The van der Waals surface area contributed by atoms with Crippen molar-refractivity contribution < 1.29 is 4.74 Å². The average Bonchev–Trinajstić information content (AvgIpc) is 3.06. The van der Waals surface area contributed by atoms with Crippen LogP contribution in [0.5, 0.6) is 5.75 Å². The summed E-state index contributed by atoms with van der Waals surface area (Å²) in [5.74, 6) is 1.97. The predicted octanol–water partition coefficient (Wildman–Crippen LogP) is 3.49. The molecule has 7 heteroatoms. The van der Waals surface area contributed by atoms with Gasteiger partial charge in [0.15, 0.2) is 0 Å². The maximum atomic E-state index is 5.79. The van der Waals surface area contributed by atoms with Gasteiger partial charge in [-0.05, 0) is 61.8 Å². The normalized spacial score (nSPS) is 23.7. The largest absolute Gasteiger partial charge is 0.497 e. The molecule has 3 N–H and O–H groups in total. The van der Waals surface area contributed by atoms with E-state index in [0.29, 0.717) is 17.2 Å². The number of hydrogen-bond donors (Lipinski definition) is 2. The van der Waals surface area contributed by atoms with Gasteiger partial charge in [0.25, 0.3) is 0 Å². The van der Waals surface area contributed by atoms with E-state index in [1.165, 1.54) is 31.1 Å². The van der Waals surface area contributed by atoms with E-state index in [1.807, 2.05) is 12.1 Å². The molecule has 0 amide bonds. The molecule has 1 saturated heterocycles. The van der Waals surface area contributed by atoms with E-state index in [1.54, 1.807) is 7.11 Å². The molecule has 1 aromatic carbocycles. The van der Waals surface area contributed by atoms with E-state index < -0.39 is 0 Å². The van der Waals surface area contributed by atoms with Gasteiger partial charge in [-0.2, -0.15) is 10.1 Å². The van der Waals surface area contributed by atoms with Crippen LogP contribution in [0.25, 0.3) is 0 Å². The molecule has 1 atom stereocenters. The number of hydrogen-bond acceptors (Lipinski definition) is 7. The van der Waals surface area contributed by atoms with E-state index in [9.17, 15) is 0 Å². The van der Waals surface area contributed by atoms with Crippen molar-refractivity contribution >= 4 is 17.5 Å². The Hall–Kier alpha value is -2.57. The SMILES string of the molecule is CC[C@@]1(Nc2ccc(OC)cc2)CCCC12CCN(c1nncc(N)n1)CC2. The maximum absolute atomic E-state index is 5.79. The van der Waals surface area contributed by atoms with Crippen LogP contribution in [0.15, 0.2) is 30.5 Å². The molecule has 150 valence electrons. The van der Waals surface area contributed by atoms with Gasteiger partial charge < -0.3 is 20.7 Å². The van der Waals surface area contributed by atoms with Gasteiger partial charge in [0.05, 0.1) is 13.3 Å². The number of nitrogens with two attached hydrogens (primary N) is 1. The molecular formula is C21H30N6O. The lowest BCUT2D eigenvalue weighted by atomic mass is 9.64. The highest BCUT2D eigenvalue weighted by Crippen LogP contribution is 2.56. The second-order valence-electron chi connectivity index (χ2n) is 8.09. The Bertz CT molecular complexity index is 803.